The van der Waals surface area contributed by atoms with Crippen molar-refractivity contribution in [3.8, 4) is 0 Å². The van der Waals surface area contributed by atoms with Crippen LogP contribution >= 0.6 is 0 Å². The average molecular weight is 211 g/mol. The summed E-state index contributed by atoms with van der Waals surface area (Å²) in [7, 11) is 0. The molecule has 0 spiro atoms. The van der Waals surface area contributed by atoms with Crippen molar-refractivity contribution in [3.05, 3.63) is 0 Å². The van der Waals surface area contributed by atoms with Crippen LogP contribution in [0.2, 0.25) is 0 Å². The first-order valence-electron chi connectivity index (χ1n) is 6.98. The van der Waals surface area contributed by atoms with Crippen molar-refractivity contribution < 1.29 is 0 Å². The fourth-order valence-electron chi connectivity index (χ4n) is 2.53. The van der Waals surface area contributed by atoms with Crippen LogP contribution in [0.1, 0.15) is 59.3 Å². The van der Waals surface area contributed by atoms with E-state index in [1.807, 2.05) is 0 Å². The van der Waals surface area contributed by atoms with Gasteiger partial charge in [-0.15, -0.1) is 0 Å². The van der Waals surface area contributed by atoms with Gasteiger partial charge in [0.2, 0.25) is 0 Å². The topological polar surface area (TPSA) is 3.24 Å². The maximum Gasteiger partial charge on any atom is 0.000956 e. The van der Waals surface area contributed by atoms with Crippen LogP contribution in [0.15, 0.2) is 0 Å². The molecule has 1 saturated heterocycles. The Morgan fingerprint density at radius 2 is 1.87 bits per heavy atom. The van der Waals surface area contributed by atoms with Crippen molar-refractivity contribution in [2.45, 2.75) is 59.3 Å². The van der Waals surface area contributed by atoms with E-state index in [1.54, 1.807) is 0 Å². The van der Waals surface area contributed by atoms with E-state index < -0.39 is 0 Å². The van der Waals surface area contributed by atoms with Crippen LogP contribution in [0, 0.1) is 11.8 Å². The van der Waals surface area contributed by atoms with Crippen LogP contribution < -0.4 is 0 Å². The lowest BCUT2D eigenvalue weighted by Crippen LogP contribution is -2.36. The van der Waals surface area contributed by atoms with E-state index in [1.165, 1.54) is 58.2 Å². The third-order valence-electron chi connectivity index (χ3n) is 3.94. The summed E-state index contributed by atoms with van der Waals surface area (Å²) in [6, 6.07) is 0. The molecule has 0 bridgehead atoms. The highest BCUT2D eigenvalue weighted by Crippen LogP contribution is 2.20. The minimum absolute atomic E-state index is 0.957. The average Bonchev–Trinajstić information content (AvgIpc) is 2.27. The van der Waals surface area contributed by atoms with Gasteiger partial charge in [-0.25, -0.2) is 0 Å². The molecule has 1 aliphatic rings. The zero-order chi connectivity index (χ0) is 11.1. The van der Waals surface area contributed by atoms with Crippen molar-refractivity contribution in [2.75, 3.05) is 19.6 Å². The fraction of sp³-hybridized carbons (Fsp3) is 1.00. The van der Waals surface area contributed by atoms with Crippen LogP contribution in [0.4, 0.5) is 0 Å². The number of hydrogen-bond donors (Lipinski definition) is 0. The van der Waals surface area contributed by atoms with Gasteiger partial charge in [0.05, 0.1) is 0 Å². The molecule has 0 radical (unpaired) electrons. The molecule has 0 aliphatic carbocycles. The smallest absolute Gasteiger partial charge is 0.000956 e. The molecule has 1 nitrogen and oxygen atoms in total. The number of unbranched alkanes of at least 4 members (excludes halogenated alkanes) is 1. The Morgan fingerprint density at radius 1 is 1.20 bits per heavy atom. The molecular formula is C14H29N. The lowest BCUT2D eigenvalue weighted by atomic mass is 9.95. The van der Waals surface area contributed by atoms with E-state index in [9.17, 15) is 0 Å². The number of hydrogen-bond acceptors (Lipinski definition) is 1. The SMILES string of the molecule is CCCCC(CC)CN1CCC(C)CC1. The Hall–Kier alpha value is -0.0400. The quantitative estimate of drug-likeness (QED) is 0.643. The van der Waals surface area contributed by atoms with E-state index in [0.717, 1.165) is 11.8 Å². The van der Waals surface area contributed by atoms with Crippen LogP contribution in [-0.2, 0) is 0 Å². The van der Waals surface area contributed by atoms with Gasteiger partial charge in [0.15, 0.2) is 0 Å². The van der Waals surface area contributed by atoms with E-state index in [0.29, 0.717) is 0 Å². The molecule has 90 valence electrons. The molecule has 1 atom stereocenters. The third kappa shape index (κ3) is 5.01. The van der Waals surface area contributed by atoms with E-state index in [-0.39, 0.29) is 0 Å². The van der Waals surface area contributed by atoms with Crippen molar-refractivity contribution in [1.29, 1.82) is 0 Å². The lowest BCUT2D eigenvalue weighted by molar-refractivity contribution is 0.160. The number of likely N-dealkylation sites (tertiary alicyclic amines) is 1. The zero-order valence-electron chi connectivity index (χ0n) is 11.0. The number of rotatable bonds is 6. The van der Waals surface area contributed by atoms with Gasteiger partial charge in [-0.1, -0.05) is 40.0 Å². The van der Waals surface area contributed by atoms with Crippen molar-refractivity contribution in [3.63, 3.8) is 0 Å². The van der Waals surface area contributed by atoms with Crippen molar-refractivity contribution in [2.24, 2.45) is 11.8 Å². The Morgan fingerprint density at radius 3 is 2.40 bits per heavy atom. The summed E-state index contributed by atoms with van der Waals surface area (Å²) in [4.78, 5) is 2.70. The Labute approximate surface area is 96.2 Å². The molecule has 0 aromatic carbocycles. The first kappa shape index (κ1) is 13.0. The molecule has 0 saturated carbocycles. The molecule has 1 aliphatic heterocycles. The van der Waals surface area contributed by atoms with Crippen molar-refractivity contribution in [1.82, 2.24) is 4.90 Å². The normalized spacial score (nSPS) is 21.8. The lowest BCUT2D eigenvalue weighted by Gasteiger charge is -2.32. The largest absolute Gasteiger partial charge is 0.303 e. The molecular weight excluding hydrogens is 182 g/mol. The van der Waals surface area contributed by atoms with Crippen LogP contribution in [0.25, 0.3) is 0 Å². The predicted octanol–water partition coefficient (Wildman–Crippen LogP) is 3.93. The van der Waals surface area contributed by atoms with Gasteiger partial charge in [0.25, 0.3) is 0 Å². The second-order valence-corrected chi connectivity index (χ2v) is 5.40. The molecule has 1 heteroatoms. The second-order valence-electron chi connectivity index (χ2n) is 5.40. The summed E-state index contributed by atoms with van der Waals surface area (Å²) < 4.78 is 0. The minimum atomic E-state index is 0.957. The summed E-state index contributed by atoms with van der Waals surface area (Å²) in [5.74, 6) is 1.93. The zero-order valence-corrected chi connectivity index (χ0v) is 11.0. The highest BCUT2D eigenvalue weighted by molar-refractivity contribution is 4.72. The van der Waals surface area contributed by atoms with Gasteiger partial charge >= 0.3 is 0 Å². The summed E-state index contributed by atoms with van der Waals surface area (Å²) in [6.07, 6.45) is 8.43. The molecule has 15 heavy (non-hydrogen) atoms. The van der Waals surface area contributed by atoms with Crippen molar-refractivity contribution >= 4 is 0 Å². The molecule has 0 amide bonds. The highest BCUT2D eigenvalue weighted by atomic mass is 15.1. The van der Waals surface area contributed by atoms with Gasteiger partial charge in [-0.05, 0) is 44.2 Å². The third-order valence-corrected chi connectivity index (χ3v) is 3.94. The second kappa shape index (κ2) is 7.27. The van der Waals surface area contributed by atoms with Crippen LogP contribution in [0.3, 0.4) is 0 Å². The van der Waals surface area contributed by atoms with Crippen LogP contribution in [-0.4, -0.2) is 24.5 Å². The minimum Gasteiger partial charge on any atom is -0.303 e. The molecule has 1 fully saturated rings. The first-order chi connectivity index (χ1) is 7.26. The maximum absolute atomic E-state index is 2.70. The molecule has 1 rings (SSSR count). The molecule has 1 heterocycles. The van der Waals surface area contributed by atoms with E-state index in [2.05, 4.69) is 25.7 Å². The van der Waals surface area contributed by atoms with Gasteiger partial charge in [0, 0.05) is 6.54 Å². The Kier molecular flexibility index (Phi) is 6.31. The van der Waals surface area contributed by atoms with Gasteiger partial charge in [-0.3, -0.25) is 0 Å². The Balaban J connectivity index is 2.19. The monoisotopic (exact) mass is 211 g/mol. The summed E-state index contributed by atoms with van der Waals surface area (Å²) in [5, 5.41) is 0. The van der Waals surface area contributed by atoms with Crippen LogP contribution in [0.5, 0.6) is 0 Å². The number of nitrogens with zero attached hydrogens (tertiary/aromatic N) is 1. The molecule has 0 N–H and O–H groups in total. The highest BCUT2D eigenvalue weighted by Gasteiger charge is 2.18. The van der Waals surface area contributed by atoms with Gasteiger partial charge < -0.3 is 4.90 Å². The first-order valence-corrected chi connectivity index (χ1v) is 6.98. The van der Waals surface area contributed by atoms with E-state index >= 15 is 0 Å². The van der Waals surface area contributed by atoms with Gasteiger partial charge in [0.1, 0.15) is 0 Å². The molecule has 0 aromatic rings. The summed E-state index contributed by atoms with van der Waals surface area (Å²) in [6.45, 7) is 11.1. The van der Waals surface area contributed by atoms with E-state index in [4.69, 9.17) is 0 Å². The van der Waals surface area contributed by atoms with Gasteiger partial charge in [-0.2, -0.15) is 0 Å². The standard InChI is InChI=1S/C14H29N/c1-4-6-7-14(5-2)12-15-10-8-13(3)9-11-15/h13-14H,4-12H2,1-3H3. The number of piperidine rings is 1. The maximum atomic E-state index is 2.70. The summed E-state index contributed by atoms with van der Waals surface area (Å²) in [5.41, 5.74) is 0. The predicted molar refractivity (Wildman–Crippen MR) is 68.1 cm³/mol. The summed E-state index contributed by atoms with van der Waals surface area (Å²) >= 11 is 0. The fourth-order valence-corrected chi connectivity index (χ4v) is 2.53. The molecule has 0 aromatic heterocycles. The molecule has 1 unspecified atom stereocenters. The Bertz CT molecular complexity index is 145.